The molecule has 0 bridgehead atoms. The molecule has 0 saturated heterocycles. The van der Waals surface area contributed by atoms with Crippen LogP contribution in [0.2, 0.25) is 0 Å². The molecule has 0 aromatic carbocycles. The minimum Gasteiger partial charge on any atom is -0.409 e. The molecular weight excluding hydrogens is 218 g/mol. The third-order valence-corrected chi connectivity index (χ3v) is 2.36. The Balaban J connectivity index is 3.04. The van der Waals surface area contributed by atoms with Gasteiger partial charge in [-0.1, -0.05) is 5.16 Å². The van der Waals surface area contributed by atoms with Gasteiger partial charge in [0, 0.05) is 13.0 Å². The molecule has 0 unspecified atom stereocenters. The Hall–Kier alpha value is -0.810. The molecule has 4 N–H and O–H groups in total. The maximum Gasteiger partial charge on any atom is 0.139 e. The summed E-state index contributed by atoms with van der Waals surface area (Å²) in [7, 11) is 0. The van der Waals surface area contributed by atoms with Crippen LogP contribution in [0.5, 0.6) is 0 Å². The molecule has 0 fully saturated rings. The van der Waals surface area contributed by atoms with Gasteiger partial charge < -0.3 is 21.0 Å². The topological polar surface area (TPSA) is 79.9 Å². The fourth-order valence-electron chi connectivity index (χ4n) is 1.40. The minimum absolute atomic E-state index is 0.316. The molecule has 5 nitrogen and oxygen atoms in total. The van der Waals surface area contributed by atoms with Gasteiger partial charge in [-0.15, -0.1) is 0 Å². The lowest BCUT2D eigenvalue weighted by Crippen LogP contribution is -2.18. The average molecular weight is 245 g/mol. The lowest BCUT2D eigenvalue weighted by atomic mass is 10.2. The van der Waals surface area contributed by atoms with E-state index in [0.717, 1.165) is 45.4 Å². The number of nitrogens with one attached hydrogen (secondary N) is 1. The fourth-order valence-corrected chi connectivity index (χ4v) is 1.40. The van der Waals surface area contributed by atoms with Crippen molar-refractivity contribution in [1.29, 1.82) is 0 Å². The Morgan fingerprint density at radius 2 is 1.88 bits per heavy atom. The normalized spacial score (nSPS) is 12.3. The second-order valence-electron chi connectivity index (χ2n) is 4.43. The number of rotatable bonds is 11. The largest absolute Gasteiger partial charge is 0.409 e. The summed E-state index contributed by atoms with van der Waals surface area (Å²) in [6, 6.07) is 0. The van der Waals surface area contributed by atoms with Crippen molar-refractivity contribution in [1.82, 2.24) is 5.32 Å². The summed E-state index contributed by atoms with van der Waals surface area (Å²) >= 11 is 0. The van der Waals surface area contributed by atoms with Gasteiger partial charge in [-0.3, -0.25) is 0 Å². The first kappa shape index (κ1) is 16.2. The molecule has 0 aromatic rings. The third kappa shape index (κ3) is 13.1. The molecule has 0 aliphatic heterocycles. The number of hydrogen-bond acceptors (Lipinski definition) is 4. The van der Waals surface area contributed by atoms with Crippen molar-refractivity contribution in [2.45, 2.75) is 52.1 Å². The average Bonchev–Trinajstić information content (AvgIpc) is 2.30. The SMILES string of the molecule is CC(C)OCCCCNCCCCC(N)=NO. The van der Waals surface area contributed by atoms with E-state index in [2.05, 4.69) is 24.3 Å². The highest BCUT2D eigenvalue weighted by Crippen LogP contribution is 1.95. The number of unbranched alkanes of at least 4 members (excludes halogenated alkanes) is 2. The summed E-state index contributed by atoms with van der Waals surface area (Å²) in [5.41, 5.74) is 5.36. The quantitative estimate of drug-likeness (QED) is 0.170. The van der Waals surface area contributed by atoms with Crippen LogP contribution in [0, 0.1) is 0 Å². The molecule has 0 aliphatic carbocycles. The second-order valence-corrected chi connectivity index (χ2v) is 4.43. The van der Waals surface area contributed by atoms with Gasteiger partial charge in [0.2, 0.25) is 0 Å². The Labute approximate surface area is 104 Å². The first-order valence-corrected chi connectivity index (χ1v) is 6.45. The predicted molar refractivity (Wildman–Crippen MR) is 70.5 cm³/mol. The molecule has 0 rings (SSSR count). The van der Waals surface area contributed by atoms with E-state index in [1.54, 1.807) is 0 Å². The zero-order valence-corrected chi connectivity index (χ0v) is 11.1. The van der Waals surface area contributed by atoms with E-state index < -0.39 is 0 Å². The van der Waals surface area contributed by atoms with Gasteiger partial charge in [-0.05, 0) is 52.6 Å². The van der Waals surface area contributed by atoms with Crippen LogP contribution in [0.15, 0.2) is 5.16 Å². The monoisotopic (exact) mass is 245 g/mol. The number of hydrogen-bond donors (Lipinski definition) is 3. The van der Waals surface area contributed by atoms with Crippen LogP contribution >= 0.6 is 0 Å². The number of amidine groups is 1. The summed E-state index contributed by atoms with van der Waals surface area (Å²) < 4.78 is 5.45. The summed E-state index contributed by atoms with van der Waals surface area (Å²) in [6.07, 6.45) is 5.27. The van der Waals surface area contributed by atoms with Crippen LogP contribution in [0.3, 0.4) is 0 Å². The fraction of sp³-hybridized carbons (Fsp3) is 0.917. The number of nitrogens with two attached hydrogens (primary N) is 1. The summed E-state index contributed by atoms with van der Waals surface area (Å²) in [6.45, 7) is 6.98. The summed E-state index contributed by atoms with van der Waals surface area (Å²) in [5, 5.41) is 14.6. The highest BCUT2D eigenvalue weighted by molar-refractivity contribution is 5.79. The Bertz CT molecular complexity index is 196. The van der Waals surface area contributed by atoms with Gasteiger partial charge in [0.25, 0.3) is 0 Å². The molecule has 0 spiro atoms. The molecule has 0 radical (unpaired) electrons. The van der Waals surface area contributed by atoms with E-state index in [4.69, 9.17) is 15.7 Å². The molecule has 0 saturated carbocycles. The molecule has 0 atom stereocenters. The smallest absolute Gasteiger partial charge is 0.139 e. The predicted octanol–water partition coefficient (Wildman–Crippen LogP) is 1.70. The first-order valence-electron chi connectivity index (χ1n) is 6.45. The van der Waals surface area contributed by atoms with Crippen molar-refractivity contribution >= 4 is 5.84 Å². The molecule has 0 aromatic heterocycles. The summed E-state index contributed by atoms with van der Waals surface area (Å²) in [5.74, 6) is 0.316. The molecule has 17 heavy (non-hydrogen) atoms. The van der Waals surface area contributed by atoms with E-state index in [-0.39, 0.29) is 0 Å². The molecule has 0 aliphatic rings. The van der Waals surface area contributed by atoms with E-state index in [0.29, 0.717) is 18.4 Å². The Kier molecular flexibility index (Phi) is 11.1. The van der Waals surface area contributed by atoms with Crippen molar-refractivity contribution in [2.24, 2.45) is 10.9 Å². The van der Waals surface area contributed by atoms with E-state index in [9.17, 15) is 0 Å². The van der Waals surface area contributed by atoms with Crippen molar-refractivity contribution in [3.63, 3.8) is 0 Å². The maximum atomic E-state index is 8.33. The van der Waals surface area contributed by atoms with Gasteiger partial charge >= 0.3 is 0 Å². The van der Waals surface area contributed by atoms with Crippen molar-refractivity contribution < 1.29 is 9.94 Å². The number of nitrogens with zero attached hydrogens (tertiary/aromatic N) is 1. The molecule has 0 heterocycles. The van der Waals surface area contributed by atoms with Crippen LogP contribution in [0.25, 0.3) is 0 Å². The second kappa shape index (κ2) is 11.7. The Morgan fingerprint density at radius 1 is 1.24 bits per heavy atom. The zero-order chi connectivity index (χ0) is 12.9. The van der Waals surface area contributed by atoms with E-state index >= 15 is 0 Å². The highest BCUT2D eigenvalue weighted by Gasteiger charge is 1.95. The highest BCUT2D eigenvalue weighted by atomic mass is 16.5. The Morgan fingerprint density at radius 3 is 2.47 bits per heavy atom. The van der Waals surface area contributed by atoms with Crippen LogP contribution in [-0.2, 0) is 4.74 Å². The summed E-state index contributed by atoms with van der Waals surface area (Å²) in [4.78, 5) is 0. The maximum absolute atomic E-state index is 8.33. The molecule has 0 amide bonds. The van der Waals surface area contributed by atoms with E-state index in [1.807, 2.05) is 0 Å². The lowest BCUT2D eigenvalue weighted by Gasteiger charge is -2.07. The molecule has 102 valence electrons. The van der Waals surface area contributed by atoms with Crippen LogP contribution < -0.4 is 11.1 Å². The van der Waals surface area contributed by atoms with Gasteiger partial charge in [-0.25, -0.2) is 0 Å². The van der Waals surface area contributed by atoms with Crippen molar-refractivity contribution in [3.8, 4) is 0 Å². The first-order chi connectivity index (χ1) is 8.16. The van der Waals surface area contributed by atoms with Crippen molar-refractivity contribution in [2.75, 3.05) is 19.7 Å². The molecule has 5 heteroatoms. The van der Waals surface area contributed by atoms with Gasteiger partial charge in [0.15, 0.2) is 0 Å². The minimum atomic E-state index is 0.316. The van der Waals surface area contributed by atoms with E-state index in [1.165, 1.54) is 0 Å². The van der Waals surface area contributed by atoms with Gasteiger partial charge in [0.05, 0.1) is 6.10 Å². The number of ether oxygens (including phenoxy) is 1. The van der Waals surface area contributed by atoms with Crippen molar-refractivity contribution in [3.05, 3.63) is 0 Å². The standard InChI is InChI=1S/C12H27N3O2/c1-11(2)17-10-6-5-9-14-8-4-3-7-12(13)15-16/h11,14,16H,3-10H2,1-2H3,(H2,13,15). The molecular formula is C12H27N3O2. The van der Waals surface area contributed by atoms with Crippen LogP contribution in [0.1, 0.15) is 46.0 Å². The van der Waals surface area contributed by atoms with Gasteiger partial charge in [0.1, 0.15) is 5.84 Å². The van der Waals surface area contributed by atoms with Gasteiger partial charge in [-0.2, -0.15) is 0 Å². The van der Waals surface area contributed by atoms with Crippen LogP contribution in [-0.4, -0.2) is 36.8 Å². The lowest BCUT2D eigenvalue weighted by molar-refractivity contribution is 0.0760. The van der Waals surface area contributed by atoms with Crippen LogP contribution in [0.4, 0.5) is 0 Å². The third-order valence-electron chi connectivity index (χ3n) is 2.36. The number of oxime groups is 1. The zero-order valence-electron chi connectivity index (χ0n) is 11.1.